The first-order valence-corrected chi connectivity index (χ1v) is 6.18. The first kappa shape index (κ1) is 11.5. The Kier molecular flexibility index (Phi) is 3.22. The van der Waals surface area contributed by atoms with Crippen molar-refractivity contribution < 1.29 is 4.92 Å². The van der Waals surface area contributed by atoms with Crippen LogP contribution in [0, 0.1) is 10.1 Å². The minimum Gasteiger partial charge on any atom is -0.258 e. The molecule has 0 aliphatic carbocycles. The molecule has 1 heterocycles. The molecule has 0 radical (unpaired) electrons. The molecule has 0 atom stereocenters. The number of hydrogen-bond donors (Lipinski definition) is 0. The number of aromatic nitrogens is 1. The van der Waals surface area contributed by atoms with Crippen molar-refractivity contribution in [3.05, 3.63) is 42.6 Å². The van der Waals surface area contributed by atoms with Crippen molar-refractivity contribution in [2.45, 2.75) is 0 Å². The summed E-state index contributed by atoms with van der Waals surface area (Å²) in [6, 6.07) is 4.53. The summed E-state index contributed by atoms with van der Waals surface area (Å²) >= 11 is 10.3. The van der Waals surface area contributed by atoms with Crippen LogP contribution < -0.4 is 0 Å². The van der Waals surface area contributed by atoms with E-state index in [4.69, 9.17) is 11.6 Å². The van der Waals surface area contributed by atoms with Gasteiger partial charge in [-0.15, -0.1) is 11.3 Å². The SMILES string of the molecule is O=[N+]([O-])c1cc(Cl)ccc1-c1csc(Br)n1. The van der Waals surface area contributed by atoms with Gasteiger partial charge in [0.25, 0.3) is 5.69 Å². The monoisotopic (exact) mass is 318 g/mol. The van der Waals surface area contributed by atoms with Crippen molar-refractivity contribution in [1.29, 1.82) is 0 Å². The smallest absolute Gasteiger partial charge is 0.258 e. The van der Waals surface area contributed by atoms with Crippen molar-refractivity contribution in [1.82, 2.24) is 4.98 Å². The van der Waals surface area contributed by atoms with Gasteiger partial charge in [-0.2, -0.15) is 0 Å². The Morgan fingerprint density at radius 2 is 2.25 bits per heavy atom. The normalized spacial score (nSPS) is 10.4. The second-order valence-corrected chi connectivity index (χ2v) is 5.47. The highest BCUT2D eigenvalue weighted by atomic mass is 79.9. The van der Waals surface area contributed by atoms with E-state index < -0.39 is 4.92 Å². The molecule has 16 heavy (non-hydrogen) atoms. The minimum atomic E-state index is -0.464. The summed E-state index contributed by atoms with van der Waals surface area (Å²) in [5, 5.41) is 13.0. The van der Waals surface area contributed by atoms with Gasteiger partial charge in [0.15, 0.2) is 3.92 Å². The van der Waals surface area contributed by atoms with Crippen LogP contribution >= 0.6 is 38.9 Å². The van der Waals surface area contributed by atoms with Crippen LogP contribution in [0.1, 0.15) is 0 Å². The van der Waals surface area contributed by atoms with Gasteiger partial charge in [0.1, 0.15) is 0 Å². The Balaban J connectivity index is 2.60. The van der Waals surface area contributed by atoms with Crippen LogP contribution in [-0.4, -0.2) is 9.91 Å². The Labute approximate surface area is 108 Å². The molecule has 2 aromatic rings. The molecule has 1 aromatic heterocycles. The predicted octanol–water partition coefficient (Wildman–Crippen LogP) is 4.13. The summed E-state index contributed by atoms with van der Waals surface area (Å²) in [4.78, 5) is 14.5. The van der Waals surface area contributed by atoms with Gasteiger partial charge in [-0.05, 0) is 28.1 Å². The second kappa shape index (κ2) is 4.48. The van der Waals surface area contributed by atoms with Crippen molar-refractivity contribution in [3.8, 4) is 11.3 Å². The van der Waals surface area contributed by atoms with E-state index in [2.05, 4.69) is 20.9 Å². The van der Waals surface area contributed by atoms with Crippen LogP contribution in [0.25, 0.3) is 11.3 Å². The van der Waals surface area contributed by atoms with Gasteiger partial charge in [-0.3, -0.25) is 10.1 Å². The molecule has 1 aromatic carbocycles. The zero-order valence-corrected chi connectivity index (χ0v) is 10.8. The highest BCUT2D eigenvalue weighted by Crippen LogP contribution is 2.33. The molecule has 82 valence electrons. The molecule has 0 saturated heterocycles. The summed E-state index contributed by atoms with van der Waals surface area (Å²) in [5.41, 5.74) is 1.00. The lowest BCUT2D eigenvalue weighted by Gasteiger charge is -1.99. The number of thiazole rings is 1. The number of halogens is 2. The molecule has 0 saturated carbocycles. The van der Waals surface area contributed by atoms with Crippen LogP contribution in [-0.2, 0) is 0 Å². The lowest BCUT2D eigenvalue weighted by molar-refractivity contribution is -0.384. The Bertz CT molecular complexity index is 558. The third kappa shape index (κ3) is 2.23. The largest absolute Gasteiger partial charge is 0.280 e. The lowest BCUT2D eigenvalue weighted by atomic mass is 10.1. The highest BCUT2D eigenvalue weighted by Gasteiger charge is 2.17. The fourth-order valence-corrected chi connectivity index (χ4v) is 2.43. The molecule has 0 unspecified atom stereocenters. The topological polar surface area (TPSA) is 56.0 Å². The third-order valence-corrected chi connectivity index (χ3v) is 3.51. The molecule has 0 aliphatic heterocycles. The van der Waals surface area contributed by atoms with Crippen LogP contribution in [0.3, 0.4) is 0 Å². The van der Waals surface area contributed by atoms with Gasteiger partial charge in [-0.25, -0.2) is 4.98 Å². The zero-order valence-electron chi connectivity index (χ0n) is 7.68. The molecule has 7 heteroatoms. The maximum absolute atomic E-state index is 10.9. The number of nitro benzene ring substituents is 1. The fraction of sp³-hybridized carbons (Fsp3) is 0. The van der Waals surface area contributed by atoms with Crippen LogP contribution in [0.2, 0.25) is 5.02 Å². The quantitative estimate of drug-likeness (QED) is 0.617. The lowest BCUT2D eigenvalue weighted by Crippen LogP contribution is -1.92. The first-order chi connectivity index (χ1) is 7.58. The van der Waals surface area contributed by atoms with Crippen LogP contribution in [0.15, 0.2) is 27.5 Å². The average molecular weight is 320 g/mol. The number of rotatable bonds is 2. The summed E-state index contributed by atoms with van der Waals surface area (Å²) in [7, 11) is 0. The van der Waals surface area contributed by atoms with Gasteiger partial charge in [0, 0.05) is 16.5 Å². The van der Waals surface area contributed by atoms with E-state index in [1.165, 1.54) is 17.4 Å². The van der Waals surface area contributed by atoms with Crippen LogP contribution in [0.4, 0.5) is 5.69 Å². The number of nitrogens with zero attached hydrogens (tertiary/aromatic N) is 2. The van der Waals surface area contributed by atoms with E-state index in [-0.39, 0.29) is 5.69 Å². The maximum atomic E-state index is 10.9. The molecule has 4 nitrogen and oxygen atoms in total. The molecule has 0 aliphatic rings. The second-order valence-electron chi connectivity index (χ2n) is 2.90. The van der Waals surface area contributed by atoms with Gasteiger partial charge in [-0.1, -0.05) is 11.6 Å². The van der Waals surface area contributed by atoms with E-state index in [9.17, 15) is 10.1 Å². The van der Waals surface area contributed by atoms with Gasteiger partial charge >= 0.3 is 0 Å². The summed E-state index contributed by atoms with van der Waals surface area (Å²) in [6.07, 6.45) is 0. The predicted molar refractivity (Wildman–Crippen MR) is 66.9 cm³/mol. The molecule has 0 fully saturated rings. The van der Waals surface area contributed by atoms with E-state index in [0.29, 0.717) is 20.2 Å². The van der Waals surface area contributed by atoms with Crippen molar-refractivity contribution in [2.75, 3.05) is 0 Å². The average Bonchev–Trinajstić information content (AvgIpc) is 2.64. The van der Waals surface area contributed by atoms with E-state index in [1.807, 2.05) is 0 Å². The third-order valence-electron chi connectivity index (χ3n) is 1.91. The van der Waals surface area contributed by atoms with E-state index in [1.54, 1.807) is 17.5 Å². The molecular weight excluding hydrogens is 316 g/mol. The Morgan fingerprint density at radius 3 is 2.81 bits per heavy atom. The fourth-order valence-electron chi connectivity index (χ4n) is 1.25. The first-order valence-electron chi connectivity index (χ1n) is 4.13. The number of benzene rings is 1. The molecular formula is C9H4BrClN2O2S. The van der Waals surface area contributed by atoms with Crippen LogP contribution in [0.5, 0.6) is 0 Å². The van der Waals surface area contributed by atoms with Gasteiger partial charge < -0.3 is 0 Å². The van der Waals surface area contributed by atoms with Crippen molar-refractivity contribution in [3.63, 3.8) is 0 Å². The van der Waals surface area contributed by atoms with E-state index in [0.717, 1.165) is 0 Å². The Morgan fingerprint density at radius 1 is 1.50 bits per heavy atom. The Hall–Kier alpha value is -0.980. The molecule has 2 rings (SSSR count). The highest BCUT2D eigenvalue weighted by molar-refractivity contribution is 9.11. The standard InChI is InChI=1S/C9H4BrClN2O2S/c10-9-12-7(4-16-9)6-2-1-5(11)3-8(6)13(14)15/h1-4H. The number of nitro groups is 1. The minimum absolute atomic E-state index is 0.0368. The van der Waals surface area contributed by atoms with Gasteiger partial charge in [0.2, 0.25) is 0 Å². The van der Waals surface area contributed by atoms with E-state index >= 15 is 0 Å². The summed E-state index contributed by atoms with van der Waals surface area (Å²) in [6.45, 7) is 0. The molecule has 0 amide bonds. The maximum Gasteiger partial charge on any atom is 0.280 e. The summed E-state index contributed by atoms with van der Waals surface area (Å²) in [5.74, 6) is 0. The molecule has 0 spiro atoms. The van der Waals surface area contributed by atoms with Crippen molar-refractivity contribution >= 4 is 44.6 Å². The van der Waals surface area contributed by atoms with Crippen molar-refractivity contribution in [2.24, 2.45) is 0 Å². The summed E-state index contributed by atoms with van der Waals surface area (Å²) < 4.78 is 0.687. The zero-order chi connectivity index (χ0) is 11.7. The molecule has 0 bridgehead atoms. The van der Waals surface area contributed by atoms with Gasteiger partial charge in [0.05, 0.1) is 16.2 Å². The molecule has 0 N–H and O–H groups in total. The number of hydrogen-bond acceptors (Lipinski definition) is 4.